The number of nitrogens with zero attached hydrogens (tertiary/aromatic N) is 1. The molecule has 14 heavy (non-hydrogen) atoms. The Hall–Kier alpha value is -1.16. The first-order valence-corrected chi connectivity index (χ1v) is 4.83. The molecule has 0 bridgehead atoms. The van der Waals surface area contributed by atoms with Crippen molar-refractivity contribution in [1.29, 1.82) is 0 Å². The van der Waals surface area contributed by atoms with Gasteiger partial charge in [-0.2, -0.15) is 0 Å². The van der Waals surface area contributed by atoms with E-state index in [-0.39, 0.29) is 5.88 Å². The summed E-state index contributed by atoms with van der Waals surface area (Å²) in [4.78, 5) is 3.81. The van der Waals surface area contributed by atoms with Crippen molar-refractivity contribution in [3.05, 3.63) is 24.1 Å². The predicted octanol–water partition coefficient (Wildman–Crippen LogP) is 1.35. The van der Waals surface area contributed by atoms with Gasteiger partial charge in [-0.3, -0.25) is 0 Å². The van der Waals surface area contributed by atoms with Crippen LogP contribution >= 0.6 is 0 Å². The molecule has 1 N–H and O–H groups in total. The van der Waals surface area contributed by atoms with Gasteiger partial charge in [0.25, 0.3) is 0 Å². The molecule has 1 fully saturated rings. The van der Waals surface area contributed by atoms with Crippen molar-refractivity contribution in [3.8, 4) is 5.88 Å². The van der Waals surface area contributed by atoms with E-state index in [1.54, 1.807) is 6.07 Å². The number of rotatable bonds is 3. The maximum absolute atomic E-state index is 13.1. The zero-order chi connectivity index (χ0) is 9.80. The van der Waals surface area contributed by atoms with Crippen LogP contribution in [0, 0.1) is 5.82 Å². The Labute approximate surface area is 82.3 Å². The standard InChI is InChI=1S/C10H13FN2O/c11-9-4-2-6-13-10(9)14-7-8-3-1-5-12-8/h2,4,6,8,12H,1,3,5,7H2. The molecule has 1 atom stereocenters. The van der Waals surface area contributed by atoms with Gasteiger partial charge in [0.15, 0.2) is 5.82 Å². The summed E-state index contributed by atoms with van der Waals surface area (Å²) >= 11 is 0. The molecule has 1 aliphatic rings. The van der Waals surface area contributed by atoms with Gasteiger partial charge in [0.05, 0.1) is 0 Å². The van der Waals surface area contributed by atoms with Gasteiger partial charge in [-0.05, 0) is 31.5 Å². The van der Waals surface area contributed by atoms with Gasteiger partial charge >= 0.3 is 0 Å². The molecule has 0 saturated carbocycles. The molecule has 0 aromatic carbocycles. The highest BCUT2D eigenvalue weighted by Crippen LogP contribution is 2.13. The second kappa shape index (κ2) is 4.37. The number of ether oxygens (including phenoxy) is 1. The largest absolute Gasteiger partial charge is 0.474 e. The van der Waals surface area contributed by atoms with Crippen LogP contribution < -0.4 is 10.1 Å². The van der Waals surface area contributed by atoms with Crippen LogP contribution in [0.4, 0.5) is 4.39 Å². The average Bonchev–Trinajstić information content (AvgIpc) is 2.69. The number of pyridine rings is 1. The average molecular weight is 196 g/mol. The summed E-state index contributed by atoms with van der Waals surface area (Å²) in [7, 11) is 0. The highest BCUT2D eigenvalue weighted by molar-refractivity contribution is 5.12. The zero-order valence-corrected chi connectivity index (χ0v) is 7.87. The molecule has 0 aliphatic carbocycles. The molecular formula is C10H13FN2O. The summed E-state index contributed by atoms with van der Waals surface area (Å²) < 4.78 is 18.3. The highest BCUT2D eigenvalue weighted by atomic mass is 19.1. The molecule has 2 heterocycles. The molecule has 0 amide bonds. The van der Waals surface area contributed by atoms with E-state index in [0.29, 0.717) is 12.6 Å². The molecule has 2 rings (SSSR count). The van der Waals surface area contributed by atoms with Crippen molar-refractivity contribution in [2.45, 2.75) is 18.9 Å². The van der Waals surface area contributed by atoms with E-state index < -0.39 is 5.82 Å². The van der Waals surface area contributed by atoms with Crippen LogP contribution in [0.1, 0.15) is 12.8 Å². The highest BCUT2D eigenvalue weighted by Gasteiger charge is 2.15. The van der Waals surface area contributed by atoms with E-state index in [1.165, 1.54) is 18.7 Å². The number of hydrogen-bond donors (Lipinski definition) is 1. The summed E-state index contributed by atoms with van der Waals surface area (Å²) in [6.45, 7) is 1.52. The maximum atomic E-state index is 13.1. The van der Waals surface area contributed by atoms with Crippen molar-refractivity contribution < 1.29 is 9.13 Å². The quantitative estimate of drug-likeness (QED) is 0.792. The monoisotopic (exact) mass is 196 g/mol. The van der Waals surface area contributed by atoms with E-state index in [0.717, 1.165) is 13.0 Å². The minimum Gasteiger partial charge on any atom is -0.474 e. The number of aromatic nitrogens is 1. The summed E-state index contributed by atoms with van der Waals surface area (Å²) in [6, 6.07) is 3.25. The van der Waals surface area contributed by atoms with Crippen LogP contribution in [0.3, 0.4) is 0 Å². The van der Waals surface area contributed by atoms with Gasteiger partial charge in [0.1, 0.15) is 6.61 Å². The number of halogens is 1. The molecule has 0 radical (unpaired) electrons. The smallest absolute Gasteiger partial charge is 0.250 e. The van der Waals surface area contributed by atoms with Crippen molar-refractivity contribution in [3.63, 3.8) is 0 Å². The Morgan fingerprint density at radius 1 is 1.64 bits per heavy atom. The van der Waals surface area contributed by atoms with E-state index in [2.05, 4.69) is 10.3 Å². The van der Waals surface area contributed by atoms with Gasteiger partial charge in [0.2, 0.25) is 5.88 Å². The van der Waals surface area contributed by atoms with Gasteiger partial charge in [0, 0.05) is 12.2 Å². The first kappa shape index (κ1) is 9.40. The van der Waals surface area contributed by atoms with Crippen molar-refractivity contribution in [2.24, 2.45) is 0 Å². The van der Waals surface area contributed by atoms with E-state index >= 15 is 0 Å². The van der Waals surface area contributed by atoms with Gasteiger partial charge in [-0.25, -0.2) is 9.37 Å². The van der Waals surface area contributed by atoms with Crippen LogP contribution in [0.5, 0.6) is 5.88 Å². The molecular weight excluding hydrogens is 183 g/mol. The molecule has 4 heteroatoms. The van der Waals surface area contributed by atoms with E-state index in [4.69, 9.17) is 4.74 Å². The second-order valence-corrected chi connectivity index (χ2v) is 3.39. The first-order chi connectivity index (χ1) is 6.86. The predicted molar refractivity (Wildman–Crippen MR) is 50.7 cm³/mol. The fourth-order valence-electron chi connectivity index (χ4n) is 1.56. The van der Waals surface area contributed by atoms with Crippen LogP contribution in [0.2, 0.25) is 0 Å². The SMILES string of the molecule is Fc1cccnc1OCC1CCCN1. The lowest BCUT2D eigenvalue weighted by atomic mass is 10.2. The molecule has 3 nitrogen and oxygen atoms in total. The van der Waals surface area contributed by atoms with Crippen molar-refractivity contribution in [1.82, 2.24) is 10.3 Å². The van der Waals surface area contributed by atoms with E-state index in [9.17, 15) is 4.39 Å². The lowest BCUT2D eigenvalue weighted by Gasteiger charge is -2.11. The third-order valence-electron chi connectivity index (χ3n) is 2.31. The number of nitrogens with one attached hydrogen (secondary N) is 1. The third kappa shape index (κ3) is 2.20. The topological polar surface area (TPSA) is 34.1 Å². The molecule has 76 valence electrons. The lowest BCUT2D eigenvalue weighted by Crippen LogP contribution is -2.28. The summed E-state index contributed by atoms with van der Waals surface area (Å²) in [5, 5.41) is 3.27. The summed E-state index contributed by atoms with van der Waals surface area (Å²) in [5.41, 5.74) is 0. The molecule has 1 aliphatic heterocycles. The minimum absolute atomic E-state index is 0.0983. The fourth-order valence-corrected chi connectivity index (χ4v) is 1.56. The molecule has 1 unspecified atom stereocenters. The fraction of sp³-hybridized carbons (Fsp3) is 0.500. The van der Waals surface area contributed by atoms with Crippen LogP contribution in [-0.4, -0.2) is 24.2 Å². The maximum Gasteiger partial charge on any atom is 0.250 e. The Kier molecular flexibility index (Phi) is 2.93. The Balaban J connectivity index is 1.88. The second-order valence-electron chi connectivity index (χ2n) is 3.39. The van der Waals surface area contributed by atoms with Gasteiger partial charge in [-0.1, -0.05) is 0 Å². The molecule has 0 spiro atoms. The van der Waals surface area contributed by atoms with Crippen molar-refractivity contribution in [2.75, 3.05) is 13.2 Å². The Morgan fingerprint density at radius 2 is 2.57 bits per heavy atom. The van der Waals surface area contributed by atoms with Crippen LogP contribution in [0.15, 0.2) is 18.3 Å². The number of hydrogen-bond acceptors (Lipinski definition) is 3. The van der Waals surface area contributed by atoms with E-state index in [1.807, 2.05) is 0 Å². The molecule has 1 aromatic rings. The minimum atomic E-state index is -0.398. The first-order valence-electron chi connectivity index (χ1n) is 4.83. The summed E-state index contributed by atoms with van der Waals surface area (Å²) in [5.74, 6) is -0.299. The molecule has 1 saturated heterocycles. The Morgan fingerprint density at radius 3 is 3.29 bits per heavy atom. The lowest BCUT2D eigenvalue weighted by molar-refractivity contribution is 0.255. The molecule has 1 aromatic heterocycles. The van der Waals surface area contributed by atoms with Crippen LogP contribution in [0.25, 0.3) is 0 Å². The third-order valence-corrected chi connectivity index (χ3v) is 2.31. The van der Waals surface area contributed by atoms with Gasteiger partial charge < -0.3 is 10.1 Å². The normalized spacial score (nSPS) is 21.1. The summed E-state index contributed by atoms with van der Waals surface area (Å²) in [6.07, 6.45) is 3.79. The van der Waals surface area contributed by atoms with Gasteiger partial charge in [-0.15, -0.1) is 0 Å². The van der Waals surface area contributed by atoms with Crippen molar-refractivity contribution >= 4 is 0 Å². The van der Waals surface area contributed by atoms with Crippen LogP contribution in [-0.2, 0) is 0 Å². The zero-order valence-electron chi connectivity index (χ0n) is 7.87. The Bertz CT molecular complexity index is 300.